The molecule has 1 amide bonds. The van der Waals surface area contributed by atoms with Gasteiger partial charge in [-0.05, 0) is 26.7 Å². The Morgan fingerprint density at radius 3 is 2.46 bits per heavy atom. The van der Waals surface area contributed by atoms with E-state index < -0.39 is 6.10 Å². The van der Waals surface area contributed by atoms with Gasteiger partial charge < -0.3 is 15.5 Å². The predicted molar refractivity (Wildman–Crippen MR) is 50.2 cm³/mol. The number of hydrogen-bond acceptors (Lipinski definition) is 3. The van der Waals surface area contributed by atoms with Crippen molar-refractivity contribution in [2.75, 3.05) is 6.61 Å². The van der Waals surface area contributed by atoms with Gasteiger partial charge in [-0.25, -0.2) is 0 Å². The number of aliphatic hydroxyl groups excluding tert-OH is 2. The molecular formula is C9H19NO3. The number of rotatable bonds is 6. The average Bonchev–Trinajstić information content (AvgIpc) is 2.01. The quantitative estimate of drug-likeness (QED) is 0.552. The molecule has 0 aliphatic carbocycles. The molecule has 4 nitrogen and oxygen atoms in total. The molecule has 0 aliphatic rings. The van der Waals surface area contributed by atoms with Crippen LogP contribution in [0.4, 0.5) is 0 Å². The maximum Gasteiger partial charge on any atom is 0.220 e. The van der Waals surface area contributed by atoms with Gasteiger partial charge in [-0.1, -0.05) is 0 Å². The molecule has 0 bridgehead atoms. The van der Waals surface area contributed by atoms with Crippen molar-refractivity contribution in [2.45, 2.75) is 45.3 Å². The Balaban J connectivity index is 3.50. The first kappa shape index (κ1) is 12.4. The first-order chi connectivity index (χ1) is 6.06. The number of hydrogen-bond donors (Lipinski definition) is 3. The topological polar surface area (TPSA) is 69.6 Å². The molecule has 78 valence electrons. The minimum atomic E-state index is -0.432. The highest BCUT2D eigenvalue weighted by Gasteiger charge is 2.07. The molecule has 0 aromatic rings. The third kappa shape index (κ3) is 7.74. The van der Waals surface area contributed by atoms with Gasteiger partial charge >= 0.3 is 0 Å². The van der Waals surface area contributed by atoms with Crippen LogP contribution in [0.5, 0.6) is 0 Å². The summed E-state index contributed by atoms with van der Waals surface area (Å²) in [6.45, 7) is 3.58. The zero-order valence-corrected chi connectivity index (χ0v) is 8.29. The van der Waals surface area contributed by atoms with E-state index in [-0.39, 0.29) is 18.6 Å². The Kier molecular flexibility index (Phi) is 6.54. The van der Waals surface area contributed by atoms with Crippen LogP contribution < -0.4 is 5.32 Å². The zero-order valence-electron chi connectivity index (χ0n) is 8.29. The van der Waals surface area contributed by atoms with E-state index >= 15 is 0 Å². The van der Waals surface area contributed by atoms with Crippen molar-refractivity contribution < 1.29 is 15.0 Å². The molecule has 4 heteroatoms. The van der Waals surface area contributed by atoms with Crippen LogP contribution in [-0.2, 0) is 4.79 Å². The summed E-state index contributed by atoms with van der Waals surface area (Å²) in [5.74, 6) is -0.0677. The second kappa shape index (κ2) is 6.86. The summed E-state index contributed by atoms with van der Waals surface area (Å²) in [5.41, 5.74) is 0. The highest BCUT2D eigenvalue weighted by molar-refractivity contribution is 5.76. The molecule has 3 N–H and O–H groups in total. The molecule has 0 radical (unpaired) electrons. The summed E-state index contributed by atoms with van der Waals surface area (Å²) in [5, 5.41) is 20.2. The van der Waals surface area contributed by atoms with E-state index in [9.17, 15) is 4.79 Å². The van der Waals surface area contributed by atoms with Crippen molar-refractivity contribution in [3.05, 3.63) is 0 Å². The largest absolute Gasteiger partial charge is 0.396 e. The third-order valence-corrected chi connectivity index (χ3v) is 1.76. The van der Waals surface area contributed by atoms with Crippen LogP contribution in [0.25, 0.3) is 0 Å². The van der Waals surface area contributed by atoms with Gasteiger partial charge in [-0.2, -0.15) is 0 Å². The van der Waals surface area contributed by atoms with Crippen LogP contribution in [0.3, 0.4) is 0 Å². The first-order valence-corrected chi connectivity index (χ1v) is 4.64. The van der Waals surface area contributed by atoms with Gasteiger partial charge in [0.25, 0.3) is 0 Å². The van der Waals surface area contributed by atoms with Gasteiger partial charge in [0, 0.05) is 19.1 Å². The van der Waals surface area contributed by atoms with Crippen LogP contribution >= 0.6 is 0 Å². The molecule has 13 heavy (non-hydrogen) atoms. The minimum absolute atomic E-state index is 0.00602. The number of carbonyl (C=O) groups is 1. The lowest BCUT2D eigenvalue weighted by molar-refractivity contribution is -0.122. The van der Waals surface area contributed by atoms with Crippen LogP contribution in [0.15, 0.2) is 0 Å². The Labute approximate surface area is 79.0 Å². The van der Waals surface area contributed by atoms with Crippen molar-refractivity contribution in [1.29, 1.82) is 0 Å². The highest BCUT2D eigenvalue weighted by atomic mass is 16.3. The molecule has 0 saturated heterocycles. The lowest BCUT2D eigenvalue weighted by Crippen LogP contribution is -2.33. The van der Waals surface area contributed by atoms with Crippen molar-refractivity contribution in [3.63, 3.8) is 0 Å². The van der Waals surface area contributed by atoms with Gasteiger partial charge in [0.15, 0.2) is 0 Å². The van der Waals surface area contributed by atoms with E-state index in [0.717, 1.165) is 0 Å². The van der Waals surface area contributed by atoms with E-state index in [4.69, 9.17) is 10.2 Å². The summed E-state index contributed by atoms with van der Waals surface area (Å²) in [6.07, 6.45) is 0.963. The molecule has 0 aromatic carbocycles. The maximum absolute atomic E-state index is 11.1. The molecular weight excluding hydrogens is 170 g/mol. The molecule has 2 unspecified atom stereocenters. The maximum atomic E-state index is 11.1. The minimum Gasteiger partial charge on any atom is -0.396 e. The Hall–Kier alpha value is -0.610. The average molecular weight is 189 g/mol. The van der Waals surface area contributed by atoms with E-state index in [1.165, 1.54) is 0 Å². The van der Waals surface area contributed by atoms with Gasteiger partial charge in [-0.3, -0.25) is 4.79 Å². The molecule has 0 fully saturated rings. The number of amides is 1. The summed E-state index contributed by atoms with van der Waals surface area (Å²) in [4.78, 5) is 11.1. The summed E-state index contributed by atoms with van der Waals surface area (Å²) in [6, 6.07) is 0.00602. The number of aliphatic hydroxyl groups is 2. The Morgan fingerprint density at radius 2 is 2.00 bits per heavy atom. The second-order valence-corrected chi connectivity index (χ2v) is 3.37. The van der Waals surface area contributed by atoms with Crippen molar-refractivity contribution in [1.82, 2.24) is 5.32 Å². The van der Waals surface area contributed by atoms with E-state index in [2.05, 4.69) is 5.32 Å². The predicted octanol–water partition coefficient (Wildman–Crippen LogP) is 0.0345. The molecule has 0 rings (SSSR count). The van der Waals surface area contributed by atoms with Crippen LogP contribution in [-0.4, -0.2) is 34.9 Å². The lowest BCUT2D eigenvalue weighted by Gasteiger charge is -2.12. The Bertz CT molecular complexity index is 148. The summed E-state index contributed by atoms with van der Waals surface area (Å²) in [7, 11) is 0. The van der Waals surface area contributed by atoms with Crippen molar-refractivity contribution in [3.8, 4) is 0 Å². The molecule has 0 saturated carbocycles. The second-order valence-electron chi connectivity index (χ2n) is 3.37. The van der Waals surface area contributed by atoms with Crippen LogP contribution in [0, 0.1) is 0 Å². The normalized spacial score (nSPS) is 15.1. The van der Waals surface area contributed by atoms with Crippen molar-refractivity contribution >= 4 is 5.91 Å². The van der Waals surface area contributed by atoms with Gasteiger partial charge in [0.1, 0.15) is 0 Å². The van der Waals surface area contributed by atoms with E-state index in [0.29, 0.717) is 19.3 Å². The van der Waals surface area contributed by atoms with Crippen molar-refractivity contribution in [2.24, 2.45) is 0 Å². The fourth-order valence-corrected chi connectivity index (χ4v) is 0.953. The van der Waals surface area contributed by atoms with Crippen LogP contribution in [0.1, 0.15) is 33.1 Å². The standard InChI is InChI=1S/C9H19NO3/c1-7(5-6-11)10-9(13)4-3-8(2)12/h7-8,11-12H,3-6H2,1-2H3,(H,10,13). The number of nitrogens with one attached hydrogen (secondary N) is 1. The summed E-state index contributed by atoms with van der Waals surface area (Å²) >= 11 is 0. The molecule has 0 aliphatic heterocycles. The lowest BCUT2D eigenvalue weighted by atomic mass is 10.2. The summed E-state index contributed by atoms with van der Waals surface area (Å²) < 4.78 is 0. The fraction of sp³-hybridized carbons (Fsp3) is 0.889. The highest BCUT2D eigenvalue weighted by Crippen LogP contribution is 1.97. The molecule has 0 aromatic heterocycles. The fourth-order valence-electron chi connectivity index (χ4n) is 0.953. The van der Waals surface area contributed by atoms with Gasteiger partial charge in [-0.15, -0.1) is 0 Å². The van der Waals surface area contributed by atoms with Crippen LogP contribution in [0.2, 0.25) is 0 Å². The smallest absolute Gasteiger partial charge is 0.220 e. The zero-order chi connectivity index (χ0) is 10.3. The first-order valence-electron chi connectivity index (χ1n) is 4.64. The molecule has 0 heterocycles. The van der Waals surface area contributed by atoms with E-state index in [1.807, 2.05) is 6.92 Å². The van der Waals surface area contributed by atoms with Gasteiger partial charge in [0.2, 0.25) is 5.91 Å². The Morgan fingerprint density at radius 1 is 1.38 bits per heavy atom. The third-order valence-electron chi connectivity index (χ3n) is 1.76. The number of carbonyl (C=O) groups excluding carboxylic acids is 1. The van der Waals surface area contributed by atoms with Gasteiger partial charge in [0.05, 0.1) is 6.10 Å². The monoisotopic (exact) mass is 189 g/mol. The van der Waals surface area contributed by atoms with E-state index in [1.54, 1.807) is 6.92 Å². The molecule has 0 spiro atoms. The SMILES string of the molecule is CC(O)CCC(=O)NC(C)CCO. The molecule has 2 atom stereocenters.